The number of nitrogens with one attached hydrogen (secondary N) is 1. The molecule has 0 radical (unpaired) electrons. The van der Waals surface area contributed by atoms with Crippen LogP contribution in [0.15, 0.2) is 23.2 Å². The monoisotopic (exact) mass is 240 g/mol. The lowest BCUT2D eigenvalue weighted by molar-refractivity contribution is -0.119. The first-order valence-electron chi connectivity index (χ1n) is 4.88. The second-order valence-corrected chi connectivity index (χ2v) is 4.04. The lowest BCUT2D eigenvalue weighted by atomic mass is 10.1. The lowest BCUT2D eigenvalue weighted by Gasteiger charge is -2.04. The lowest BCUT2D eigenvalue weighted by Crippen LogP contribution is -2.28. The van der Waals surface area contributed by atoms with E-state index in [4.69, 9.17) is 11.6 Å². The van der Waals surface area contributed by atoms with E-state index in [1.807, 2.05) is 0 Å². The fraction of sp³-hybridized carbons (Fsp3) is 0.273. The van der Waals surface area contributed by atoms with Crippen LogP contribution in [0.5, 0.6) is 0 Å². The van der Waals surface area contributed by atoms with Gasteiger partial charge in [0.05, 0.1) is 5.02 Å². The molecule has 0 saturated heterocycles. The van der Waals surface area contributed by atoms with Gasteiger partial charge in [-0.15, -0.1) is 0 Å². The number of carbonyl (C=O) groups excluding carboxylic acids is 1. The maximum Gasteiger partial charge on any atom is 0.249 e. The second-order valence-electron chi connectivity index (χ2n) is 3.63. The summed E-state index contributed by atoms with van der Waals surface area (Å²) in [6, 6.07) is 4.38. The second kappa shape index (κ2) is 4.22. The minimum Gasteiger partial charge on any atom is -0.312 e. The number of hydrogen-bond acceptors (Lipinski definition) is 2. The number of amides is 1. The molecule has 2 rings (SSSR count). The topological polar surface area (TPSA) is 41.5 Å². The quantitative estimate of drug-likeness (QED) is 0.843. The molecule has 0 spiro atoms. The van der Waals surface area contributed by atoms with Crippen LogP contribution in [0.3, 0.4) is 0 Å². The molecule has 1 amide bonds. The van der Waals surface area contributed by atoms with Crippen molar-refractivity contribution in [3.05, 3.63) is 34.6 Å². The van der Waals surface area contributed by atoms with Crippen molar-refractivity contribution in [2.45, 2.75) is 19.4 Å². The normalized spacial score (nSPS) is 19.6. The molecule has 0 aromatic heterocycles. The number of nitrogens with zero attached hydrogens (tertiary/aromatic N) is 1. The minimum absolute atomic E-state index is 0.0791. The average molecular weight is 241 g/mol. The van der Waals surface area contributed by atoms with Gasteiger partial charge in [-0.05, 0) is 18.6 Å². The summed E-state index contributed by atoms with van der Waals surface area (Å²) >= 11 is 5.65. The Labute approximate surface area is 97.3 Å². The number of hydrogen-bond donors (Lipinski definition) is 1. The molecule has 3 nitrogen and oxygen atoms in total. The van der Waals surface area contributed by atoms with Crippen molar-refractivity contribution < 1.29 is 9.18 Å². The Morgan fingerprint density at radius 3 is 2.94 bits per heavy atom. The summed E-state index contributed by atoms with van der Waals surface area (Å²) < 4.78 is 13.5. The van der Waals surface area contributed by atoms with Crippen LogP contribution >= 0.6 is 11.6 Å². The maximum absolute atomic E-state index is 13.5. The van der Waals surface area contributed by atoms with Gasteiger partial charge in [0.1, 0.15) is 17.7 Å². The van der Waals surface area contributed by atoms with Crippen LogP contribution in [0.1, 0.15) is 12.5 Å². The third-order valence-corrected chi connectivity index (χ3v) is 2.68. The van der Waals surface area contributed by atoms with Crippen LogP contribution in [0.2, 0.25) is 5.02 Å². The molecule has 1 aromatic rings. The van der Waals surface area contributed by atoms with Crippen molar-refractivity contribution in [1.29, 1.82) is 0 Å². The van der Waals surface area contributed by atoms with E-state index in [1.165, 1.54) is 6.07 Å². The van der Waals surface area contributed by atoms with Crippen LogP contribution in [-0.2, 0) is 11.2 Å². The van der Waals surface area contributed by atoms with E-state index in [2.05, 4.69) is 10.3 Å². The van der Waals surface area contributed by atoms with Crippen molar-refractivity contribution in [2.24, 2.45) is 4.99 Å². The molecule has 1 aliphatic heterocycles. The predicted octanol–water partition coefficient (Wildman–Crippen LogP) is 1.94. The van der Waals surface area contributed by atoms with Gasteiger partial charge >= 0.3 is 0 Å². The van der Waals surface area contributed by atoms with Crippen molar-refractivity contribution in [3.8, 4) is 0 Å². The summed E-state index contributed by atoms with van der Waals surface area (Å²) in [7, 11) is 0. The molecule has 1 heterocycles. The van der Waals surface area contributed by atoms with Crippen LogP contribution < -0.4 is 5.32 Å². The highest BCUT2D eigenvalue weighted by Crippen LogP contribution is 2.19. The van der Waals surface area contributed by atoms with Crippen LogP contribution in [0.25, 0.3) is 0 Å². The summed E-state index contributed by atoms with van der Waals surface area (Å²) in [5.41, 5.74) is 0.431. The first-order valence-corrected chi connectivity index (χ1v) is 5.26. The standard InChI is InChI=1S/C11H10ClFN2O/c1-6-11(16)15-9(14-6)5-7-3-2-4-8(12)10(7)13/h2-4,6H,5H2,1H3,(H,14,15,16). The molecule has 1 aromatic carbocycles. The summed E-state index contributed by atoms with van der Waals surface area (Å²) in [5.74, 6) is -0.128. The minimum atomic E-state index is -0.458. The Bertz CT molecular complexity index is 473. The first kappa shape index (κ1) is 11.1. The van der Waals surface area contributed by atoms with Crippen molar-refractivity contribution in [1.82, 2.24) is 5.32 Å². The average Bonchev–Trinajstić information content (AvgIpc) is 2.54. The fourth-order valence-corrected chi connectivity index (χ4v) is 1.72. The van der Waals surface area contributed by atoms with E-state index in [9.17, 15) is 9.18 Å². The SMILES string of the molecule is CC1N=C(Cc2cccc(Cl)c2F)NC1=O. The highest BCUT2D eigenvalue weighted by molar-refractivity contribution is 6.30. The highest BCUT2D eigenvalue weighted by Gasteiger charge is 2.22. The molecule has 0 fully saturated rings. The molecule has 5 heteroatoms. The molecule has 16 heavy (non-hydrogen) atoms. The zero-order valence-electron chi connectivity index (χ0n) is 8.63. The molecule has 84 valence electrons. The molecule has 1 aliphatic rings. The Hall–Kier alpha value is -1.42. The first-order chi connectivity index (χ1) is 7.58. The van der Waals surface area contributed by atoms with E-state index in [-0.39, 0.29) is 17.4 Å². The van der Waals surface area contributed by atoms with Gasteiger partial charge in [0.25, 0.3) is 0 Å². The smallest absolute Gasteiger partial charge is 0.249 e. The Morgan fingerprint density at radius 1 is 1.56 bits per heavy atom. The molecule has 1 N–H and O–H groups in total. The summed E-state index contributed by atoms with van der Waals surface area (Å²) in [6.07, 6.45) is 0.252. The molecule has 0 aliphatic carbocycles. The summed E-state index contributed by atoms with van der Waals surface area (Å²) in [6.45, 7) is 1.69. The molecule has 1 unspecified atom stereocenters. The molecular formula is C11H10ClFN2O. The third-order valence-electron chi connectivity index (χ3n) is 2.39. The third kappa shape index (κ3) is 2.07. The van der Waals surface area contributed by atoms with E-state index >= 15 is 0 Å². The fourth-order valence-electron chi connectivity index (χ4n) is 1.53. The van der Waals surface area contributed by atoms with Crippen LogP contribution in [0, 0.1) is 5.82 Å². The molecule has 0 bridgehead atoms. The zero-order chi connectivity index (χ0) is 11.7. The number of rotatable bonds is 2. The number of carbonyl (C=O) groups is 1. The number of benzene rings is 1. The summed E-state index contributed by atoms with van der Waals surface area (Å²) in [4.78, 5) is 15.3. The highest BCUT2D eigenvalue weighted by atomic mass is 35.5. The number of halogens is 2. The molecular weight excluding hydrogens is 231 g/mol. The van der Waals surface area contributed by atoms with Crippen molar-refractivity contribution in [2.75, 3.05) is 0 Å². The van der Waals surface area contributed by atoms with E-state index in [0.29, 0.717) is 11.4 Å². The van der Waals surface area contributed by atoms with Gasteiger partial charge in [-0.1, -0.05) is 23.7 Å². The maximum atomic E-state index is 13.5. The molecule has 1 atom stereocenters. The van der Waals surface area contributed by atoms with Gasteiger partial charge in [-0.25, -0.2) is 4.39 Å². The Kier molecular flexibility index (Phi) is 2.92. The van der Waals surface area contributed by atoms with Crippen molar-refractivity contribution >= 4 is 23.3 Å². The van der Waals surface area contributed by atoms with E-state index in [0.717, 1.165) is 0 Å². The predicted molar refractivity (Wildman–Crippen MR) is 60.2 cm³/mol. The number of amidine groups is 1. The van der Waals surface area contributed by atoms with Crippen LogP contribution in [0.4, 0.5) is 4.39 Å². The Balaban J connectivity index is 2.19. The molecule has 0 saturated carbocycles. The van der Waals surface area contributed by atoms with Gasteiger partial charge in [0.15, 0.2) is 0 Å². The van der Waals surface area contributed by atoms with Crippen LogP contribution in [-0.4, -0.2) is 17.8 Å². The van der Waals surface area contributed by atoms with Crippen molar-refractivity contribution in [3.63, 3.8) is 0 Å². The largest absolute Gasteiger partial charge is 0.312 e. The van der Waals surface area contributed by atoms with E-state index in [1.54, 1.807) is 19.1 Å². The zero-order valence-corrected chi connectivity index (χ0v) is 9.38. The van der Waals surface area contributed by atoms with Gasteiger partial charge < -0.3 is 5.32 Å². The van der Waals surface area contributed by atoms with E-state index < -0.39 is 11.9 Å². The van der Waals surface area contributed by atoms with Gasteiger partial charge in [0, 0.05) is 6.42 Å². The number of aliphatic imine (C=N–C) groups is 1. The van der Waals surface area contributed by atoms with Gasteiger partial charge in [-0.3, -0.25) is 9.79 Å². The van der Waals surface area contributed by atoms with Gasteiger partial charge in [-0.2, -0.15) is 0 Å². The summed E-state index contributed by atoms with van der Waals surface area (Å²) in [5, 5.41) is 2.68. The Morgan fingerprint density at radius 2 is 2.31 bits per heavy atom. The van der Waals surface area contributed by atoms with Gasteiger partial charge in [0.2, 0.25) is 5.91 Å².